The van der Waals surface area contributed by atoms with Crippen LogP contribution in [-0.4, -0.2) is 23.9 Å². The maximum Gasteiger partial charge on any atom is 0.0850 e. The second-order valence-electron chi connectivity index (χ2n) is 3.76. The average Bonchev–Trinajstić information content (AvgIpc) is 1.83. The van der Waals surface area contributed by atoms with Crippen molar-refractivity contribution >= 4 is 0 Å². The largest absolute Gasteiger partial charge is 0.390 e. The van der Waals surface area contributed by atoms with Gasteiger partial charge in [-0.25, -0.2) is 0 Å². The number of aliphatic hydroxyl groups excluding tert-OH is 1. The monoisotopic (exact) mass is 144 g/mol. The summed E-state index contributed by atoms with van der Waals surface area (Å²) in [7, 11) is 0. The van der Waals surface area contributed by atoms with E-state index in [-0.39, 0.29) is 17.6 Å². The Balaban J connectivity index is 2.60. The highest BCUT2D eigenvalue weighted by Gasteiger charge is 2.35. The molecule has 1 fully saturated rings. The Labute approximate surface area is 62.2 Å². The zero-order valence-corrected chi connectivity index (χ0v) is 6.92. The molecule has 0 radical (unpaired) electrons. The van der Waals surface area contributed by atoms with Crippen LogP contribution in [-0.2, 0) is 4.74 Å². The van der Waals surface area contributed by atoms with Gasteiger partial charge in [-0.1, -0.05) is 13.8 Å². The Morgan fingerprint density at radius 3 is 2.50 bits per heavy atom. The van der Waals surface area contributed by atoms with Crippen LogP contribution in [0.3, 0.4) is 0 Å². The molecule has 0 saturated carbocycles. The number of hydrogen-bond donors (Lipinski definition) is 1. The summed E-state index contributed by atoms with van der Waals surface area (Å²) < 4.78 is 5.28. The van der Waals surface area contributed by atoms with Crippen LogP contribution in [0.25, 0.3) is 0 Å². The molecular weight excluding hydrogens is 128 g/mol. The van der Waals surface area contributed by atoms with Crippen molar-refractivity contribution in [3.8, 4) is 0 Å². The second kappa shape index (κ2) is 2.51. The van der Waals surface area contributed by atoms with Gasteiger partial charge < -0.3 is 9.84 Å². The minimum absolute atomic E-state index is 0.00347. The van der Waals surface area contributed by atoms with Gasteiger partial charge in [0.2, 0.25) is 0 Å². The van der Waals surface area contributed by atoms with E-state index in [4.69, 9.17) is 4.74 Å². The standard InChI is InChI=1S/C8H16O2/c1-6-7(9)8(2,3)4-5-10-6/h6-7,9H,4-5H2,1-3H3/t6-,7+/m0/s1. The molecule has 1 aliphatic heterocycles. The summed E-state index contributed by atoms with van der Waals surface area (Å²) in [6.45, 7) is 6.87. The molecule has 1 saturated heterocycles. The smallest absolute Gasteiger partial charge is 0.0850 e. The van der Waals surface area contributed by atoms with E-state index in [1.54, 1.807) is 0 Å². The fourth-order valence-corrected chi connectivity index (χ4v) is 1.38. The van der Waals surface area contributed by atoms with Crippen LogP contribution in [0.2, 0.25) is 0 Å². The number of aliphatic hydroxyl groups is 1. The highest BCUT2D eigenvalue weighted by atomic mass is 16.5. The molecule has 1 aliphatic rings. The molecule has 0 amide bonds. The molecule has 1 rings (SSSR count). The third-order valence-corrected chi connectivity index (χ3v) is 2.37. The van der Waals surface area contributed by atoms with Gasteiger partial charge in [0.05, 0.1) is 12.2 Å². The minimum atomic E-state index is -0.304. The zero-order valence-electron chi connectivity index (χ0n) is 6.92. The van der Waals surface area contributed by atoms with E-state index < -0.39 is 0 Å². The Bertz CT molecular complexity index is 120. The van der Waals surface area contributed by atoms with Gasteiger partial charge in [-0.2, -0.15) is 0 Å². The van der Waals surface area contributed by atoms with Gasteiger partial charge in [0.25, 0.3) is 0 Å². The first-order valence-corrected chi connectivity index (χ1v) is 3.84. The van der Waals surface area contributed by atoms with Crippen LogP contribution < -0.4 is 0 Å². The third kappa shape index (κ3) is 1.32. The molecule has 1 N–H and O–H groups in total. The van der Waals surface area contributed by atoms with Gasteiger partial charge in [-0.05, 0) is 18.8 Å². The molecule has 10 heavy (non-hydrogen) atoms. The van der Waals surface area contributed by atoms with Gasteiger partial charge in [0, 0.05) is 6.61 Å². The lowest BCUT2D eigenvalue weighted by molar-refractivity contribution is -0.127. The van der Waals surface area contributed by atoms with E-state index in [0.29, 0.717) is 0 Å². The first kappa shape index (κ1) is 8.02. The predicted molar refractivity (Wildman–Crippen MR) is 39.8 cm³/mol. The molecule has 0 spiro atoms. The lowest BCUT2D eigenvalue weighted by Crippen LogP contribution is -2.44. The normalized spacial score (nSPS) is 39.6. The molecule has 2 heteroatoms. The topological polar surface area (TPSA) is 29.5 Å². The van der Waals surface area contributed by atoms with Gasteiger partial charge in [-0.15, -0.1) is 0 Å². The molecule has 0 aromatic rings. The molecular formula is C8H16O2. The Kier molecular flexibility index (Phi) is 2.02. The van der Waals surface area contributed by atoms with Crippen LogP contribution >= 0.6 is 0 Å². The molecule has 60 valence electrons. The van der Waals surface area contributed by atoms with Crippen molar-refractivity contribution in [2.24, 2.45) is 5.41 Å². The van der Waals surface area contributed by atoms with Crippen molar-refractivity contribution in [3.63, 3.8) is 0 Å². The molecule has 0 unspecified atom stereocenters. The van der Waals surface area contributed by atoms with E-state index in [1.807, 2.05) is 6.92 Å². The molecule has 0 aromatic carbocycles. The molecule has 0 bridgehead atoms. The zero-order chi connectivity index (χ0) is 7.78. The lowest BCUT2D eigenvalue weighted by atomic mass is 9.79. The summed E-state index contributed by atoms with van der Waals surface area (Å²) in [6, 6.07) is 0. The molecule has 0 aromatic heterocycles. The van der Waals surface area contributed by atoms with Crippen molar-refractivity contribution < 1.29 is 9.84 Å². The summed E-state index contributed by atoms with van der Waals surface area (Å²) in [5.41, 5.74) is 0.0394. The summed E-state index contributed by atoms with van der Waals surface area (Å²) >= 11 is 0. The summed E-state index contributed by atoms with van der Waals surface area (Å²) in [5.74, 6) is 0. The maximum absolute atomic E-state index is 9.58. The van der Waals surface area contributed by atoms with E-state index >= 15 is 0 Å². The number of hydrogen-bond acceptors (Lipinski definition) is 2. The molecule has 0 aliphatic carbocycles. The first-order valence-electron chi connectivity index (χ1n) is 3.84. The van der Waals surface area contributed by atoms with Crippen molar-refractivity contribution in [2.45, 2.75) is 39.4 Å². The van der Waals surface area contributed by atoms with Gasteiger partial charge in [-0.3, -0.25) is 0 Å². The molecule has 1 heterocycles. The Morgan fingerprint density at radius 1 is 1.50 bits per heavy atom. The summed E-state index contributed by atoms with van der Waals surface area (Å²) in [6.07, 6.45) is 0.656. The number of ether oxygens (including phenoxy) is 1. The minimum Gasteiger partial charge on any atom is -0.390 e. The van der Waals surface area contributed by atoms with Gasteiger partial charge >= 0.3 is 0 Å². The Hall–Kier alpha value is -0.0800. The van der Waals surface area contributed by atoms with Crippen molar-refractivity contribution in [1.29, 1.82) is 0 Å². The fourth-order valence-electron chi connectivity index (χ4n) is 1.38. The van der Waals surface area contributed by atoms with E-state index in [2.05, 4.69) is 13.8 Å². The maximum atomic E-state index is 9.58. The number of rotatable bonds is 0. The first-order chi connectivity index (χ1) is 4.54. The highest BCUT2D eigenvalue weighted by Crippen LogP contribution is 2.32. The predicted octanol–water partition coefficient (Wildman–Crippen LogP) is 1.18. The van der Waals surface area contributed by atoms with Crippen LogP contribution in [0, 0.1) is 5.41 Å². The van der Waals surface area contributed by atoms with Gasteiger partial charge in [0.1, 0.15) is 0 Å². The van der Waals surface area contributed by atoms with Crippen LogP contribution in [0.4, 0.5) is 0 Å². The third-order valence-electron chi connectivity index (χ3n) is 2.37. The van der Waals surface area contributed by atoms with Crippen LogP contribution in [0.15, 0.2) is 0 Å². The quantitative estimate of drug-likeness (QED) is 0.553. The van der Waals surface area contributed by atoms with Crippen molar-refractivity contribution in [1.82, 2.24) is 0 Å². The van der Waals surface area contributed by atoms with Crippen LogP contribution in [0.1, 0.15) is 27.2 Å². The SMILES string of the molecule is C[C@@H]1OCCC(C)(C)[C@@H]1O. The average molecular weight is 144 g/mol. The second-order valence-corrected chi connectivity index (χ2v) is 3.76. The highest BCUT2D eigenvalue weighted by molar-refractivity contribution is 4.85. The lowest BCUT2D eigenvalue weighted by Gasteiger charge is -2.39. The van der Waals surface area contributed by atoms with E-state index in [1.165, 1.54) is 0 Å². The Morgan fingerprint density at radius 2 is 2.10 bits per heavy atom. The van der Waals surface area contributed by atoms with Crippen molar-refractivity contribution in [2.75, 3.05) is 6.61 Å². The summed E-state index contributed by atoms with van der Waals surface area (Å²) in [5, 5.41) is 9.58. The molecule has 2 atom stereocenters. The van der Waals surface area contributed by atoms with E-state index in [0.717, 1.165) is 13.0 Å². The van der Waals surface area contributed by atoms with E-state index in [9.17, 15) is 5.11 Å². The summed E-state index contributed by atoms with van der Waals surface area (Å²) in [4.78, 5) is 0. The van der Waals surface area contributed by atoms with Gasteiger partial charge in [0.15, 0.2) is 0 Å². The molecule has 2 nitrogen and oxygen atoms in total. The van der Waals surface area contributed by atoms with Crippen LogP contribution in [0.5, 0.6) is 0 Å². The fraction of sp³-hybridized carbons (Fsp3) is 1.00. The van der Waals surface area contributed by atoms with Crippen molar-refractivity contribution in [3.05, 3.63) is 0 Å².